The molecule has 0 aliphatic carbocycles. The van der Waals surface area contributed by atoms with Crippen molar-refractivity contribution in [3.05, 3.63) is 30.0 Å². The first kappa shape index (κ1) is 17.0. The summed E-state index contributed by atoms with van der Waals surface area (Å²) in [5.41, 5.74) is 1.99. The van der Waals surface area contributed by atoms with E-state index in [0.717, 1.165) is 36.5 Å². The van der Waals surface area contributed by atoms with Crippen LogP contribution in [0, 0.1) is 6.92 Å². The van der Waals surface area contributed by atoms with E-state index in [2.05, 4.69) is 44.8 Å². The van der Waals surface area contributed by atoms with Crippen molar-refractivity contribution in [1.29, 1.82) is 0 Å². The summed E-state index contributed by atoms with van der Waals surface area (Å²) in [6.07, 6.45) is 2.60. The fourth-order valence-electron chi connectivity index (χ4n) is 2.09. The van der Waals surface area contributed by atoms with Gasteiger partial charge in [0, 0.05) is 6.54 Å². The molecule has 0 bridgehead atoms. The first-order valence-corrected chi connectivity index (χ1v) is 7.58. The summed E-state index contributed by atoms with van der Waals surface area (Å²) in [5, 5.41) is 14.4. The third kappa shape index (κ3) is 5.37. The van der Waals surface area contributed by atoms with Crippen molar-refractivity contribution in [2.75, 3.05) is 44.9 Å². The van der Waals surface area contributed by atoms with Crippen LogP contribution in [0.15, 0.2) is 24.4 Å². The van der Waals surface area contributed by atoms with E-state index in [-0.39, 0.29) is 0 Å². The molecule has 23 heavy (non-hydrogen) atoms. The molecule has 1 heterocycles. The van der Waals surface area contributed by atoms with Gasteiger partial charge in [0.25, 0.3) is 0 Å². The van der Waals surface area contributed by atoms with Crippen molar-refractivity contribution in [3.8, 4) is 5.75 Å². The quantitative estimate of drug-likeness (QED) is 0.724. The molecule has 0 amide bonds. The number of rotatable bonds is 8. The average Bonchev–Trinajstić information content (AvgIpc) is 2.52. The molecular formula is C16H24N6O. The molecule has 124 valence electrons. The van der Waals surface area contributed by atoms with Crippen molar-refractivity contribution in [2.24, 2.45) is 0 Å². The highest BCUT2D eigenvalue weighted by molar-refractivity contribution is 5.65. The van der Waals surface area contributed by atoms with E-state index < -0.39 is 0 Å². The molecule has 0 saturated carbocycles. The topological polar surface area (TPSA) is 75.2 Å². The van der Waals surface area contributed by atoms with Crippen molar-refractivity contribution >= 4 is 17.5 Å². The second-order valence-electron chi connectivity index (χ2n) is 5.58. The van der Waals surface area contributed by atoms with E-state index in [1.54, 1.807) is 13.3 Å². The van der Waals surface area contributed by atoms with Crippen molar-refractivity contribution in [2.45, 2.75) is 13.3 Å². The number of nitrogens with one attached hydrogen (secondary N) is 2. The van der Waals surface area contributed by atoms with Crippen LogP contribution in [0.3, 0.4) is 0 Å². The molecule has 2 N–H and O–H groups in total. The summed E-state index contributed by atoms with van der Waals surface area (Å²) in [6, 6.07) is 5.93. The Morgan fingerprint density at radius 3 is 2.83 bits per heavy atom. The van der Waals surface area contributed by atoms with E-state index in [4.69, 9.17) is 4.74 Å². The number of anilines is 3. The van der Waals surface area contributed by atoms with Crippen LogP contribution in [-0.2, 0) is 0 Å². The van der Waals surface area contributed by atoms with Gasteiger partial charge in [-0.1, -0.05) is 6.07 Å². The monoisotopic (exact) mass is 316 g/mol. The van der Waals surface area contributed by atoms with Crippen LogP contribution in [0.25, 0.3) is 0 Å². The molecule has 0 atom stereocenters. The standard InChI is InChI=1S/C16H24N6O/c1-12-6-7-14(23-4)13(10-12)19-15-11-18-21-16(20-15)17-8-5-9-22(2)3/h6-7,10-11H,5,8-9H2,1-4H3,(H2,17,19,20,21). The largest absolute Gasteiger partial charge is 0.495 e. The lowest BCUT2D eigenvalue weighted by Crippen LogP contribution is -2.17. The maximum Gasteiger partial charge on any atom is 0.244 e. The van der Waals surface area contributed by atoms with Crippen molar-refractivity contribution in [3.63, 3.8) is 0 Å². The number of aromatic nitrogens is 3. The normalized spacial score (nSPS) is 10.7. The average molecular weight is 316 g/mol. The van der Waals surface area contributed by atoms with Crippen LogP contribution in [0.2, 0.25) is 0 Å². The summed E-state index contributed by atoms with van der Waals surface area (Å²) in [6.45, 7) is 3.84. The van der Waals surface area contributed by atoms with Gasteiger partial charge in [-0.05, 0) is 51.7 Å². The summed E-state index contributed by atoms with van der Waals surface area (Å²) in [4.78, 5) is 6.57. The minimum absolute atomic E-state index is 0.514. The fourth-order valence-corrected chi connectivity index (χ4v) is 2.09. The van der Waals surface area contributed by atoms with E-state index in [9.17, 15) is 0 Å². The Morgan fingerprint density at radius 1 is 1.26 bits per heavy atom. The van der Waals surface area contributed by atoms with Crippen LogP contribution in [0.4, 0.5) is 17.5 Å². The number of aryl methyl sites for hydroxylation is 1. The highest BCUT2D eigenvalue weighted by Gasteiger charge is 2.06. The van der Waals surface area contributed by atoms with Crippen LogP contribution in [-0.4, -0.2) is 54.4 Å². The molecule has 0 unspecified atom stereocenters. The third-order valence-corrected chi connectivity index (χ3v) is 3.24. The van der Waals surface area contributed by atoms with Crippen LogP contribution < -0.4 is 15.4 Å². The molecular weight excluding hydrogens is 292 g/mol. The molecule has 0 saturated heterocycles. The predicted molar refractivity (Wildman–Crippen MR) is 92.5 cm³/mol. The molecule has 7 heteroatoms. The number of nitrogens with zero attached hydrogens (tertiary/aromatic N) is 4. The highest BCUT2D eigenvalue weighted by Crippen LogP contribution is 2.27. The van der Waals surface area contributed by atoms with Gasteiger partial charge in [-0.3, -0.25) is 0 Å². The maximum atomic E-state index is 5.36. The lowest BCUT2D eigenvalue weighted by Gasteiger charge is -2.12. The van der Waals surface area contributed by atoms with Crippen molar-refractivity contribution in [1.82, 2.24) is 20.1 Å². The smallest absolute Gasteiger partial charge is 0.244 e. The molecule has 2 aromatic rings. The summed E-state index contributed by atoms with van der Waals surface area (Å²) in [5.74, 6) is 1.90. The molecule has 0 spiro atoms. The summed E-state index contributed by atoms with van der Waals surface area (Å²) < 4.78 is 5.36. The molecule has 0 radical (unpaired) electrons. The molecule has 2 rings (SSSR count). The zero-order valence-electron chi connectivity index (χ0n) is 14.1. The third-order valence-electron chi connectivity index (χ3n) is 3.24. The summed E-state index contributed by atoms with van der Waals surface area (Å²) in [7, 11) is 5.75. The SMILES string of the molecule is COc1ccc(C)cc1Nc1cnnc(NCCCN(C)C)n1. The minimum Gasteiger partial charge on any atom is -0.495 e. The number of methoxy groups -OCH3 is 1. The Hall–Kier alpha value is -2.41. The first-order valence-electron chi connectivity index (χ1n) is 7.58. The predicted octanol–water partition coefficient (Wildman–Crippen LogP) is 2.30. The van der Waals surface area contributed by atoms with E-state index in [1.807, 2.05) is 25.1 Å². The molecule has 0 aliphatic rings. The van der Waals surface area contributed by atoms with Gasteiger partial charge in [-0.15, -0.1) is 5.10 Å². The zero-order chi connectivity index (χ0) is 16.7. The van der Waals surface area contributed by atoms with Gasteiger partial charge in [0.2, 0.25) is 5.95 Å². The maximum absolute atomic E-state index is 5.36. The molecule has 0 fully saturated rings. The van der Waals surface area contributed by atoms with Gasteiger partial charge in [0.1, 0.15) is 5.75 Å². The molecule has 1 aromatic carbocycles. The molecule has 0 aliphatic heterocycles. The summed E-state index contributed by atoms with van der Waals surface area (Å²) >= 11 is 0. The zero-order valence-corrected chi connectivity index (χ0v) is 14.1. The van der Waals surface area contributed by atoms with Crippen molar-refractivity contribution < 1.29 is 4.74 Å². The first-order chi connectivity index (χ1) is 11.1. The number of benzene rings is 1. The lowest BCUT2D eigenvalue weighted by atomic mass is 10.2. The number of hydrogen-bond donors (Lipinski definition) is 2. The Bertz CT molecular complexity index is 632. The van der Waals surface area contributed by atoms with E-state index in [0.29, 0.717) is 11.8 Å². The molecule has 7 nitrogen and oxygen atoms in total. The van der Waals surface area contributed by atoms with Crippen LogP contribution in [0.1, 0.15) is 12.0 Å². The van der Waals surface area contributed by atoms with Crippen LogP contribution in [0.5, 0.6) is 5.75 Å². The number of ether oxygens (including phenoxy) is 1. The van der Waals surface area contributed by atoms with E-state index >= 15 is 0 Å². The van der Waals surface area contributed by atoms with Gasteiger partial charge in [0.05, 0.1) is 19.0 Å². The second kappa shape index (κ2) is 8.28. The lowest BCUT2D eigenvalue weighted by molar-refractivity contribution is 0.405. The fraction of sp³-hybridized carbons (Fsp3) is 0.438. The minimum atomic E-state index is 0.514. The Kier molecular flexibility index (Phi) is 6.10. The Morgan fingerprint density at radius 2 is 2.09 bits per heavy atom. The van der Waals surface area contributed by atoms with Gasteiger partial charge < -0.3 is 20.3 Å². The van der Waals surface area contributed by atoms with Crippen LogP contribution >= 0.6 is 0 Å². The number of hydrogen-bond acceptors (Lipinski definition) is 7. The highest BCUT2D eigenvalue weighted by atomic mass is 16.5. The van der Waals surface area contributed by atoms with Gasteiger partial charge in [-0.25, -0.2) is 0 Å². The Balaban J connectivity index is 2.01. The van der Waals surface area contributed by atoms with Gasteiger partial charge in [0.15, 0.2) is 5.82 Å². The Labute approximate surface area is 137 Å². The van der Waals surface area contributed by atoms with Gasteiger partial charge in [-0.2, -0.15) is 10.1 Å². The molecule has 1 aromatic heterocycles. The van der Waals surface area contributed by atoms with E-state index in [1.165, 1.54) is 0 Å². The second-order valence-corrected chi connectivity index (χ2v) is 5.58. The van der Waals surface area contributed by atoms with Gasteiger partial charge >= 0.3 is 0 Å².